The maximum atomic E-state index is 12.2. The van der Waals surface area contributed by atoms with E-state index in [1.54, 1.807) is 11.3 Å². The molecule has 0 bridgehead atoms. The number of pyridine rings is 1. The fourth-order valence-corrected chi connectivity index (χ4v) is 7.85. The zero-order valence-electron chi connectivity index (χ0n) is 34.1. The molecule has 54 heavy (non-hydrogen) atoms. The number of hydrogen-bond acceptors (Lipinski definition) is 5. The van der Waals surface area contributed by atoms with E-state index < -0.39 is 0 Å². The average Bonchev–Trinajstić information content (AvgIpc) is 3.77. The normalized spacial score (nSPS) is 12.6. The first-order valence-corrected chi connectivity index (χ1v) is 20.2. The van der Waals surface area contributed by atoms with E-state index in [2.05, 4.69) is 107 Å². The smallest absolute Gasteiger partial charge is 0.164 e. The molecule has 0 saturated carbocycles. The molecule has 0 aliphatic carbocycles. The minimum absolute atomic E-state index is 0. The number of ketones is 1. The van der Waals surface area contributed by atoms with E-state index in [0.717, 1.165) is 70.4 Å². The van der Waals surface area contributed by atoms with Crippen LogP contribution < -0.4 is 0 Å². The summed E-state index contributed by atoms with van der Waals surface area (Å²) in [5.41, 5.74) is 5.03. The van der Waals surface area contributed by atoms with Gasteiger partial charge in [-0.25, -0.2) is 0 Å². The zero-order valence-corrected chi connectivity index (χ0v) is 37.3. The molecule has 1 N–H and O–H groups in total. The number of benzene rings is 3. The van der Waals surface area contributed by atoms with Crippen LogP contribution in [-0.4, -0.2) is 15.9 Å². The van der Waals surface area contributed by atoms with Gasteiger partial charge in [-0.2, -0.15) is 0 Å². The zero-order chi connectivity index (χ0) is 38.7. The largest absolute Gasteiger partial charge is 0.512 e. The Morgan fingerprint density at radius 2 is 1.54 bits per heavy atom. The van der Waals surface area contributed by atoms with Crippen molar-refractivity contribution in [3.8, 4) is 21.9 Å². The molecule has 3 aromatic carbocycles. The Bertz CT molecular complexity index is 2240. The van der Waals surface area contributed by atoms with Crippen LogP contribution in [0.5, 0.6) is 0 Å². The number of fused-ring (bicyclic) bond motifs is 3. The summed E-state index contributed by atoms with van der Waals surface area (Å²) in [7, 11) is 0. The molecule has 3 heterocycles. The summed E-state index contributed by atoms with van der Waals surface area (Å²) < 4.78 is 7.52. The van der Waals surface area contributed by atoms with Gasteiger partial charge in [-0.3, -0.25) is 9.78 Å². The molecule has 0 atom stereocenters. The van der Waals surface area contributed by atoms with Crippen LogP contribution in [0.2, 0.25) is 0 Å². The number of carbonyl (C=O) groups is 1. The van der Waals surface area contributed by atoms with Crippen LogP contribution >= 0.6 is 11.3 Å². The Labute approximate surface area is 340 Å². The van der Waals surface area contributed by atoms with Gasteiger partial charge in [0.05, 0.1) is 4.88 Å². The third-order valence-corrected chi connectivity index (χ3v) is 12.5. The Morgan fingerprint density at radius 1 is 0.870 bits per heavy atom. The molecule has 0 saturated heterocycles. The number of hydrogen-bond donors (Lipinski definition) is 1. The van der Waals surface area contributed by atoms with Gasteiger partial charge in [0.15, 0.2) is 5.78 Å². The molecule has 4 nitrogen and oxygen atoms in total. The molecule has 6 heteroatoms. The first kappa shape index (κ1) is 43.2. The average molecular weight is 921 g/mol. The fraction of sp³-hybridized carbons (Fsp3) is 0.417. The van der Waals surface area contributed by atoms with Crippen LogP contribution in [0, 0.1) is 22.8 Å². The number of carbonyl (C=O) groups excluding carboxylic acids is 1. The van der Waals surface area contributed by atoms with Crippen molar-refractivity contribution < 1.29 is 34.4 Å². The molecule has 0 amide bonds. The first-order chi connectivity index (χ1) is 25.0. The third-order valence-electron chi connectivity index (χ3n) is 11.3. The van der Waals surface area contributed by atoms with Crippen LogP contribution in [0.4, 0.5) is 0 Å². The first-order valence-electron chi connectivity index (χ1n) is 19.4. The van der Waals surface area contributed by atoms with Gasteiger partial charge in [-0.15, -0.1) is 40.5 Å². The topological polar surface area (TPSA) is 63.3 Å². The summed E-state index contributed by atoms with van der Waals surface area (Å²) in [6.45, 7) is 23.4. The van der Waals surface area contributed by atoms with Crippen LogP contribution in [0.15, 0.2) is 89.2 Å². The van der Waals surface area contributed by atoms with Gasteiger partial charge >= 0.3 is 0 Å². The molecular formula is C48H58IrNO3S-. The number of thiophene rings is 1. The maximum Gasteiger partial charge on any atom is 0.164 e. The number of allylic oxidation sites excluding steroid dienone is 2. The summed E-state index contributed by atoms with van der Waals surface area (Å²) in [6.07, 6.45) is 7.72. The van der Waals surface area contributed by atoms with Crippen LogP contribution in [0.25, 0.3) is 53.7 Å². The molecule has 0 spiro atoms. The molecule has 0 aliphatic rings. The summed E-state index contributed by atoms with van der Waals surface area (Å²) in [5, 5.41) is 14.8. The van der Waals surface area contributed by atoms with Crippen molar-refractivity contribution in [2.24, 2.45) is 16.7 Å². The van der Waals surface area contributed by atoms with E-state index >= 15 is 0 Å². The van der Waals surface area contributed by atoms with Gasteiger partial charge in [0.1, 0.15) is 17.1 Å². The number of nitrogens with zero attached hydrogens (tertiary/aromatic N) is 1. The van der Waals surface area contributed by atoms with Crippen molar-refractivity contribution in [3.63, 3.8) is 0 Å². The van der Waals surface area contributed by atoms with Crippen molar-refractivity contribution >= 4 is 48.9 Å². The molecule has 3 aromatic heterocycles. The third kappa shape index (κ3) is 9.27. The van der Waals surface area contributed by atoms with E-state index in [-0.39, 0.29) is 47.9 Å². The van der Waals surface area contributed by atoms with Crippen molar-refractivity contribution in [1.29, 1.82) is 0 Å². The van der Waals surface area contributed by atoms with Crippen molar-refractivity contribution in [2.45, 2.75) is 114 Å². The molecule has 0 aliphatic heterocycles. The number of aliphatic hydroxyl groups is 1. The molecule has 289 valence electrons. The minimum atomic E-state index is -0.337. The molecule has 0 fully saturated rings. The van der Waals surface area contributed by atoms with E-state index in [1.807, 2.05) is 47.7 Å². The number of rotatable bonds is 11. The van der Waals surface area contributed by atoms with E-state index in [9.17, 15) is 9.90 Å². The maximum absolute atomic E-state index is 12.2. The number of furan rings is 1. The van der Waals surface area contributed by atoms with Crippen molar-refractivity contribution in [3.05, 3.63) is 102 Å². The molecule has 0 unspecified atom stereocenters. The summed E-state index contributed by atoms with van der Waals surface area (Å²) in [4.78, 5) is 18.1. The minimum Gasteiger partial charge on any atom is -0.512 e. The van der Waals surface area contributed by atoms with Crippen LogP contribution in [-0.2, 0) is 36.7 Å². The second kappa shape index (κ2) is 17.5. The Kier molecular flexibility index (Phi) is 14.0. The second-order valence-electron chi connectivity index (χ2n) is 16.6. The fourth-order valence-electron chi connectivity index (χ4n) is 6.74. The van der Waals surface area contributed by atoms with Crippen LogP contribution in [0.1, 0.15) is 113 Å². The standard InChI is InChI=1S/C33H30NOS.C15H28O2.Ir/c1-20(2)14-21-10-11-23-18-29(35-28(23)15-21)30-19-24-12-13-34-31(32(24)36-30)25-16-22-8-6-7-9-26(22)27(17-25)33(3,4)5;1-7-14(5,8-2)12(16)11-13(17)15(6,9-3)10-4;/h6-13,15,17-20H,14H2,1-5H3;11,16H,7-10H2,1-6H3;/q-1;;/b;12-11-;. The molecule has 6 rings (SSSR count). The van der Waals surface area contributed by atoms with Gasteiger partial charge in [0.25, 0.3) is 0 Å². The van der Waals surface area contributed by atoms with E-state index in [1.165, 1.54) is 32.7 Å². The summed E-state index contributed by atoms with van der Waals surface area (Å²) in [6, 6.07) is 27.5. The monoisotopic (exact) mass is 921 g/mol. The van der Waals surface area contributed by atoms with Gasteiger partial charge in [-0.1, -0.05) is 117 Å². The van der Waals surface area contributed by atoms with Crippen LogP contribution in [0.3, 0.4) is 0 Å². The van der Waals surface area contributed by atoms with E-state index in [0.29, 0.717) is 5.92 Å². The Morgan fingerprint density at radius 3 is 2.17 bits per heavy atom. The van der Waals surface area contributed by atoms with Crippen molar-refractivity contribution in [1.82, 2.24) is 4.98 Å². The van der Waals surface area contributed by atoms with Gasteiger partial charge in [0.2, 0.25) is 0 Å². The van der Waals surface area contributed by atoms with Gasteiger partial charge in [0, 0.05) is 59.0 Å². The second-order valence-corrected chi connectivity index (χ2v) is 17.6. The van der Waals surface area contributed by atoms with Gasteiger partial charge in [-0.05, 0) is 78.7 Å². The molecule has 1 radical (unpaired) electrons. The number of aromatic nitrogens is 1. The Hall–Kier alpha value is -3.57. The van der Waals surface area contributed by atoms with Crippen molar-refractivity contribution in [2.75, 3.05) is 0 Å². The predicted molar refractivity (Wildman–Crippen MR) is 227 cm³/mol. The van der Waals surface area contributed by atoms with Gasteiger partial charge < -0.3 is 9.52 Å². The quantitative estimate of drug-likeness (QED) is 0.0799. The van der Waals surface area contributed by atoms with E-state index in [4.69, 9.17) is 9.40 Å². The molecule has 6 aromatic rings. The summed E-state index contributed by atoms with van der Waals surface area (Å²) >= 11 is 1.74. The SMILES string of the molecule is CC(C)Cc1ccc2cc(-c3cc4ccnc(-c5[c-]c6ccccc6c(C(C)(C)C)c5)c4s3)oc2c1.CCC(C)(CC)C(=O)/C=C(\O)C(C)(CC)CC.[Ir]. The Balaban J connectivity index is 0.000000309. The molecular weight excluding hydrogens is 863 g/mol. The number of aliphatic hydroxyl groups excluding tert-OH is 1. The predicted octanol–water partition coefficient (Wildman–Crippen LogP) is 14.5. The summed E-state index contributed by atoms with van der Waals surface area (Å²) in [5.74, 6) is 1.82.